The topological polar surface area (TPSA) is 37.4 Å². The van der Waals surface area contributed by atoms with Crippen LogP contribution in [0.4, 0.5) is 5.69 Å². The fourth-order valence-corrected chi connectivity index (χ4v) is 3.41. The van der Waals surface area contributed by atoms with Crippen LogP contribution in [0.2, 0.25) is 0 Å². The van der Waals surface area contributed by atoms with E-state index in [4.69, 9.17) is 0 Å². The van der Waals surface area contributed by atoms with E-state index < -0.39 is 0 Å². The third kappa shape index (κ3) is 3.06. The third-order valence-corrected chi connectivity index (χ3v) is 5.03. The maximum absolute atomic E-state index is 12.0. The van der Waals surface area contributed by atoms with Crippen LogP contribution in [0.25, 0.3) is 0 Å². The molecule has 5 heteroatoms. The second-order valence-electron chi connectivity index (χ2n) is 4.37. The number of anilines is 1. The molecule has 0 bridgehead atoms. The summed E-state index contributed by atoms with van der Waals surface area (Å²) in [6.45, 7) is 4.22. The van der Waals surface area contributed by atoms with E-state index >= 15 is 0 Å². The minimum Gasteiger partial charge on any atom is -0.311 e. The smallest absolute Gasteiger partial charge is 0.228 e. The van der Waals surface area contributed by atoms with E-state index in [-0.39, 0.29) is 16.3 Å². The van der Waals surface area contributed by atoms with Gasteiger partial charge in [-0.2, -0.15) is 0 Å². The molecule has 1 aliphatic rings. The van der Waals surface area contributed by atoms with Crippen LogP contribution >= 0.6 is 34.4 Å². The molecule has 0 aromatic heterocycles. The second kappa shape index (κ2) is 5.61. The SMILES string of the molecule is CC(=O)SC1CC(=O)N(c2ccc(C)c(I)c2)C1. The third-order valence-electron chi connectivity index (χ3n) is 2.89. The summed E-state index contributed by atoms with van der Waals surface area (Å²) in [4.78, 5) is 24.8. The van der Waals surface area contributed by atoms with E-state index in [0.717, 1.165) is 9.26 Å². The Morgan fingerprint density at radius 1 is 1.50 bits per heavy atom. The Kier molecular flexibility index (Phi) is 4.32. The van der Waals surface area contributed by atoms with E-state index in [0.29, 0.717) is 13.0 Å². The van der Waals surface area contributed by atoms with Gasteiger partial charge in [-0.1, -0.05) is 17.8 Å². The van der Waals surface area contributed by atoms with Crippen LogP contribution in [-0.2, 0) is 9.59 Å². The lowest BCUT2D eigenvalue weighted by Gasteiger charge is -2.17. The van der Waals surface area contributed by atoms with E-state index in [1.807, 2.05) is 25.1 Å². The van der Waals surface area contributed by atoms with Crippen LogP contribution in [0.15, 0.2) is 18.2 Å². The fourth-order valence-electron chi connectivity index (χ4n) is 1.99. The lowest BCUT2D eigenvalue weighted by Crippen LogP contribution is -2.25. The van der Waals surface area contributed by atoms with Crippen molar-refractivity contribution in [1.29, 1.82) is 0 Å². The molecule has 0 N–H and O–H groups in total. The predicted octanol–water partition coefficient (Wildman–Crippen LogP) is 2.98. The molecule has 0 aliphatic carbocycles. The highest BCUT2D eigenvalue weighted by atomic mass is 127. The number of aryl methyl sites for hydroxylation is 1. The first-order valence-electron chi connectivity index (χ1n) is 5.71. The molecule has 3 nitrogen and oxygen atoms in total. The van der Waals surface area contributed by atoms with Gasteiger partial charge in [0.15, 0.2) is 5.12 Å². The number of carbonyl (C=O) groups excluding carboxylic acids is 2. The Bertz CT molecular complexity index is 504. The standard InChI is InChI=1S/C13H14INO2S/c1-8-3-4-10(5-12(8)14)15-7-11(6-13(15)17)18-9(2)16/h3-5,11H,6-7H2,1-2H3. The molecule has 1 atom stereocenters. The highest BCUT2D eigenvalue weighted by molar-refractivity contribution is 14.1. The van der Waals surface area contributed by atoms with E-state index in [1.165, 1.54) is 17.3 Å². The Labute approximate surface area is 124 Å². The number of nitrogens with zero attached hydrogens (tertiary/aromatic N) is 1. The molecule has 0 radical (unpaired) electrons. The first kappa shape index (κ1) is 13.9. The van der Waals surface area contributed by atoms with Gasteiger partial charge < -0.3 is 4.90 Å². The summed E-state index contributed by atoms with van der Waals surface area (Å²) in [5, 5.41) is 0.169. The van der Waals surface area contributed by atoms with Crippen LogP contribution in [-0.4, -0.2) is 22.8 Å². The molecule has 1 heterocycles. The quantitative estimate of drug-likeness (QED) is 0.746. The van der Waals surface area contributed by atoms with Gasteiger partial charge in [0.2, 0.25) is 5.91 Å². The van der Waals surface area contributed by atoms with Crippen LogP contribution < -0.4 is 4.90 Å². The van der Waals surface area contributed by atoms with Crippen molar-refractivity contribution in [3.8, 4) is 0 Å². The van der Waals surface area contributed by atoms with Gasteiger partial charge in [-0.3, -0.25) is 9.59 Å². The van der Waals surface area contributed by atoms with Crippen molar-refractivity contribution in [3.05, 3.63) is 27.3 Å². The molecular formula is C13H14INO2S. The predicted molar refractivity (Wildman–Crippen MR) is 82.9 cm³/mol. The Hall–Kier alpha value is -0.560. The second-order valence-corrected chi connectivity index (χ2v) is 7.01. The molecule has 18 heavy (non-hydrogen) atoms. The maximum Gasteiger partial charge on any atom is 0.228 e. The molecule has 1 amide bonds. The number of thioether (sulfide) groups is 1. The van der Waals surface area contributed by atoms with Gasteiger partial charge in [0.1, 0.15) is 0 Å². The number of benzene rings is 1. The van der Waals surface area contributed by atoms with Crippen molar-refractivity contribution in [1.82, 2.24) is 0 Å². The van der Waals surface area contributed by atoms with Crippen molar-refractivity contribution in [3.63, 3.8) is 0 Å². The first-order chi connectivity index (χ1) is 8.47. The lowest BCUT2D eigenvalue weighted by molar-refractivity contribution is -0.117. The normalized spacial score (nSPS) is 19.4. The summed E-state index contributed by atoms with van der Waals surface area (Å²) in [6.07, 6.45) is 0.453. The highest BCUT2D eigenvalue weighted by Gasteiger charge is 2.31. The monoisotopic (exact) mass is 375 g/mol. The summed E-state index contributed by atoms with van der Waals surface area (Å²) in [7, 11) is 0. The van der Waals surface area contributed by atoms with Gasteiger partial charge in [0.05, 0.1) is 0 Å². The molecule has 1 saturated heterocycles. The molecule has 1 aromatic rings. The van der Waals surface area contributed by atoms with Crippen molar-refractivity contribution >= 4 is 51.1 Å². The van der Waals surface area contributed by atoms with Gasteiger partial charge >= 0.3 is 0 Å². The van der Waals surface area contributed by atoms with Crippen LogP contribution in [0, 0.1) is 10.5 Å². The van der Waals surface area contributed by atoms with Crippen molar-refractivity contribution < 1.29 is 9.59 Å². The van der Waals surface area contributed by atoms with E-state index in [2.05, 4.69) is 22.6 Å². The molecule has 2 rings (SSSR count). The minimum absolute atomic E-state index is 0.0770. The molecule has 0 saturated carbocycles. The first-order valence-corrected chi connectivity index (χ1v) is 7.67. The zero-order valence-electron chi connectivity index (χ0n) is 10.3. The number of carbonyl (C=O) groups is 2. The largest absolute Gasteiger partial charge is 0.311 e. The van der Waals surface area contributed by atoms with Gasteiger partial charge in [-0.25, -0.2) is 0 Å². The number of amides is 1. The maximum atomic E-state index is 12.0. The minimum atomic E-state index is 0.0770. The zero-order valence-corrected chi connectivity index (χ0v) is 13.2. The Balaban J connectivity index is 2.16. The van der Waals surface area contributed by atoms with Crippen molar-refractivity contribution in [2.75, 3.05) is 11.4 Å². The Morgan fingerprint density at radius 3 is 2.83 bits per heavy atom. The van der Waals surface area contributed by atoms with Crippen LogP contribution in [0.1, 0.15) is 18.9 Å². The number of hydrogen-bond acceptors (Lipinski definition) is 3. The van der Waals surface area contributed by atoms with Gasteiger partial charge in [-0.05, 0) is 47.2 Å². The van der Waals surface area contributed by atoms with Gasteiger partial charge in [-0.15, -0.1) is 0 Å². The summed E-state index contributed by atoms with van der Waals surface area (Å²) in [6, 6.07) is 6.01. The Morgan fingerprint density at radius 2 is 2.22 bits per heavy atom. The zero-order chi connectivity index (χ0) is 13.3. The average Bonchev–Trinajstić information content (AvgIpc) is 2.62. The van der Waals surface area contributed by atoms with Crippen LogP contribution in [0.3, 0.4) is 0 Å². The molecule has 96 valence electrons. The molecule has 1 aliphatic heterocycles. The van der Waals surface area contributed by atoms with Gasteiger partial charge in [0.25, 0.3) is 0 Å². The number of hydrogen-bond donors (Lipinski definition) is 0. The summed E-state index contributed by atoms with van der Waals surface area (Å²) < 4.78 is 1.15. The van der Waals surface area contributed by atoms with E-state index in [1.54, 1.807) is 11.8 Å². The number of halogens is 1. The molecule has 1 unspecified atom stereocenters. The average molecular weight is 375 g/mol. The number of rotatable bonds is 2. The molecular weight excluding hydrogens is 361 g/mol. The van der Waals surface area contributed by atoms with Crippen LogP contribution in [0.5, 0.6) is 0 Å². The molecule has 0 spiro atoms. The van der Waals surface area contributed by atoms with Crippen molar-refractivity contribution in [2.45, 2.75) is 25.5 Å². The van der Waals surface area contributed by atoms with E-state index in [9.17, 15) is 9.59 Å². The summed E-state index contributed by atoms with van der Waals surface area (Å²) in [5.41, 5.74) is 2.14. The fraction of sp³-hybridized carbons (Fsp3) is 0.385. The summed E-state index contributed by atoms with van der Waals surface area (Å²) >= 11 is 3.54. The lowest BCUT2D eigenvalue weighted by atomic mass is 10.2. The van der Waals surface area contributed by atoms with Crippen molar-refractivity contribution in [2.24, 2.45) is 0 Å². The van der Waals surface area contributed by atoms with Gasteiger partial charge in [0, 0.05) is 34.4 Å². The molecule has 1 fully saturated rings. The molecule has 1 aromatic carbocycles. The highest BCUT2D eigenvalue weighted by Crippen LogP contribution is 2.30. The summed E-state index contributed by atoms with van der Waals surface area (Å²) in [5.74, 6) is 0.105.